The van der Waals surface area contributed by atoms with Gasteiger partial charge in [-0.2, -0.15) is 0 Å². The molecule has 1 saturated heterocycles. The van der Waals surface area contributed by atoms with Crippen LogP contribution in [0.15, 0.2) is 60.8 Å². The second kappa shape index (κ2) is 58.8. The van der Waals surface area contributed by atoms with Gasteiger partial charge in [0.1, 0.15) is 18.8 Å². The van der Waals surface area contributed by atoms with Crippen molar-refractivity contribution in [3.8, 4) is 0 Å². The smallest absolute Gasteiger partial charge is 0.335 e. The fraction of sp³-hybridized carbons (Fsp3) is 0.803. The second-order valence-electron chi connectivity index (χ2n) is 23.5. The van der Waals surface area contributed by atoms with Crippen LogP contribution in [0.25, 0.3) is 0 Å². The number of carboxylic acids is 1. The summed E-state index contributed by atoms with van der Waals surface area (Å²) < 4.78 is 28.6. The zero-order valence-corrected chi connectivity index (χ0v) is 53.2. The van der Waals surface area contributed by atoms with Gasteiger partial charge in [0.25, 0.3) is 0 Å². The summed E-state index contributed by atoms with van der Waals surface area (Å²) in [6.07, 6.45) is 61.7. The quantitative estimate of drug-likeness (QED) is 0.0228. The van der Waals surface area contributed by atoms with Gasteiger partial charge in [-0.05, 0) is 89.9 Å². The summed E-state index contributed by atoms with van der Waals surface area (Å²) in [7, 11) is 0. The van der Waals surface area contributed by atoms with Crippen LogP contribution in [0.4, 0.5) is 0 Å². The van der Waals surface area contributed by atoms with E-state index in [1.54, 1.807) is 0 Å². The van der Waals surface area contributed by atoms with Crippen LogP contribution in [-0.4, -0.2) is 89.2 Å². The number of aliphatic hydroxyl groups is 2. The van der Waals surface area contributed by atoms with E-state index in [1.807, 2.05) is 0 Å². The van der Waals surface area contributed by atoms with Crippen molar-refractivity contribution < 1.29 is 58.2 Å². The van der Waals surface area contributed by atoms with Crippen molar-refractivity contribution in [2.75, 3.05) is 13.2 Å². The molecule has 12 nitrogen and oxygen atoms in total. The van der Waals surface area contributed by atoms with E-state index in [2.05, 4.69) is 81.5 Å². The maximum Gasteiger partial charge on any atom is 0.335 e. The van der Waals surface area contributed by atoms with Crippen LogP contribution in [0.5, 0.6) is 0 Å². The first-order chi connectivity index (χ1) is 40.6. The monoisotopic (exact) mass is 1170 g/mol. The third-order valence-corrected chi connectivity index (χ3v) is 15.6. The lowest BCUT2D eigenvalue weighted by Crippen LogP contribution is -2.61. The summed E-state index contributed by atoms with van der Waals surface area (Å²) in [5, 5.41) is 31.6. The number of rotatable bonds is 59. The maximum absolute atomic E-state index is 13.2. The van der Waals surface area contributed by atoms with Gasteiger partial charge in [-0.3, -0.25) is 14.4 Å². The summed E-state index contributed by atoms with van der Waals surface area (Å²) in [5.41, 5.74) is 0. The minimum Gasteiger partial charge on any atom is -0.479 e. The number of esters is 3. The topological polar surface area (TPSA) is 175 Å². The van der Waals surface area contributed by atoms with Gasteiger partial charge in [-0.15, -0.1) is 0 Å². The molecule has 0 spiro atoms. The lowest BCUT2D eigenvalue weighted by atomic mass is 9.98. The predicted octanol–water partition coefficient (Wildman–Crippen LogP) is 18.7. The normalized spacial score (nSPS) is 17.9. The molecule has 12 heteroatoms. The van der Waals surface area contributed by atoms with Gasteiger partial charge in [0.2, 0.25) is 0 Å². The number of allylic oxidation sites excluding steroid dienone is 10. The molecular formula is C71H124O12. The summed E-state index contributed by atoms with van der Waals surface area (Å²) >= 11 is 0. The highest BCUT2D eigenvalue weighted by Crippen LogP contribution is 2.27. The van der Waals surface area contributed by atoms with Crippen molar-refractivity contribution in [3.05, 3.63) is 60.8 Å². The molecule has 3 N–H and O–H groups in total. The second-order valence-corrected chi connectivity index (χ2v) is 23.5. The van der Waals surface area contributed by atoms with E-state index in [1.165, 1.54) is 141 Å². The molecule has 480 valence electrons. The zero-order valence-electron chi connectivity index (χ0n) is 53.2. The number of carbonyl (C=O) groups is 4. The SMILES string of the molecule is CCCCC/C=C\C/C=C\C/C=C\CCCCCCCCC(=O)OC1C(OCC(COC(=O)CCCCCCCCCCCCCCCCCCCCC)OC(=O)CCCCCCC/C=C\C/C=C\CCCCC)OC(C(=O)O)C(O)C1O. The number of carbonyl (C=O) groups excluding carboxylic acids is 3. The van der Waals surface area contributed by atoms with Gasteiger partial charge >= 0.3 is 23.9 Å². The molecule has 0 aromatic rings. The van der Waals surface area contributed by atoms with E-state index in [0.29, 0.717) is 19.3 Å². The molecule has 0 aromatic carbocycles. The molecule has 0 amide bonds. The summed E-state index contributed by atoms with van der Waals surface area (Å²) in [6.45, 7) is 5.98. The van der Waals surface area contributed by atoms with Gasteiger partial charge in [0.15, 0.2) is 24.6 Å². The summed E-state index contributed by atoms with van der Waals surface area (Å²) in [5.74, 6) is -3.13. The fourth-order valence-corrected chi connectivity index (χ4v) is 10.3. The Morgan fingerprint density at radius 1 is 0.398 bits per heavy atom. The average Bonchev–Trinajstić information content (AvgIpc) is 3.60. The number of ether oxygens (including phenoxy) is 5. The van der Waals surface area contributed by atoms with Crippen molar-refractivity contribution in [2.24, 2.45) is 0 Å². The van der Waals surface area contributed by atoms with Gasteiger partial charge < -0.3 is 39.0 Å². The van der Waals surface area contributed by atoms with Crippen LogP contribution in [0.1, 0.15) is 316 Å². The van der Waals surface area contributed by atoms with Crippen LogP contribution < -0.4 is 0 Å². The van der Waals surface area contributed by atoms with Gasteiger partial charge in [-0.25, -0.2) is 4.79 Å². The Bertz CT molecular complexity index is 1670. The number of unbranched alkanes of at least 4 members (excludes halogenated alkanes) is 35. The maximum atomic E-state index is 13.2. The number of aliphatic hydroxyl groups excluding tert-OH is 2. The zero-order chi connectivity index (χ0) is 60.3. The Morgan fingerprint density at radius 2 is 0.723 bits per heavy atom. The molecule has 0 bridgehead atoms. The molecule has 0 aromatic heterocycles. The lowest BCUT2D eigenvalue weighted by molar-refractivity contribution is -0.301. The van der Waals surface area contributed by atoms with Gasteiger partial charge in [-0.1, -0.05) is 268 Å². The molecule has 6 unspecified atom stereocenters. The predicted molar refractivity (Wildman–Crippen MR) is 340 cm³/mol. The van der Waals surface area contributed by atoms with E-state index >= 15 is 0 Å². The Balaban J connectivity index is 2.64. The first kappa shape index (κ1) is 77.4. The minimum absolute atomic E-state index is 0.0448. The molecule has 1 rings (SSSR count). The number of hydrogen-bond acceptors (Lipinski definition) is 11. The molecule has 6 atom stereocenters. The van der Waals surface area contributed by atoms with Crippen LogP contribution in [0, 0.1) is 0 Å². The highest BCUT2D eigenvalue weighted by atomic mass is 16.7. The molecule has 83 heavy (non-hydrogen) atoms. The van der Waals surface area contributed by atoms with Crippen molar-refractivity contribution in [1.82, 2.24) is 0 Å². The van der Waals surface area contributed by atoms with Crippen LogP contribution in [-0.2, 0) is 42.9 Å². The summed E-state index contributed by atoms with van der Waals surface area (Å²) in [6, 6.07) is 0. The third-order valence-electron chi connectivity index (χ3n) is 15.6. The van der Waals surface area contributed by atoms with Gasteiger partial charge in [0, 0.05) is 19.3 Å². The molecule has 0 aliphatic carbocycles. The number of hydrogen-bond donors (Lipinski definition) is 3. The van der Waals surface area contributed by atoms with E-state index in [4.69, 9.17) is 23.7 Å². The van der Waals surface area contributed by atoms with Crippen LogP contribution in [0.2, 0.25) is 0 Å². The minimum atomic E-state index is -1.91. The van der Waals surface area contributed by atoms with E-state index < -0.39 is 67.3 Å². The fourth-order valence-electron chi connectivity index (χ4n) is 10.3. The van der Waals surface area contributed by atoms with E-state index in [0.717, 1.165) is 116 Å². The highest BCUT2D eigenvalue weighted by Gasteiger charge is 2.50. The van der Waals surface area contributed by atoms with Crippen molar-refractivity contribution in [3.63, 3.8) is 0 Å². The van der Waals surface area contributed by atoms with Crippen molar-refractivity contribution >= 4 is 23.9 Å². The molecule has 1 aliphatic heterocycles. The standard InChI is InChI=1S/C71H124O12/c1-4-7-10-13-16-19-22-25-28-30-32-34-37-39-42-45-48-51-54-57-63(72)79-60-62(81-64(73)58-55-52-49-46-43-40-36-27-24-21-18-15-12-9-6-3)61-80-71-69(67(76)66(75)68(83-71)70(77)78)82-65(74)59-56-53-50-47-44-41-38-35-33-31-29-26-23-20-17-14-11-8-5-2/h17-18,20-21,26-27,29,33,35-36,62,66-69,71,75-76H,4-16,19,22-25,28,30-32,34,37-61H2,1-3H3,(H,77,78)/b20-17-,21-18-,29-26-,35-33-,36-27-. The van der Waals surface area contributed by atoms with Crippen LogP contribution in [0.3, 0.4) is 0 Å². The molecule has 0 radical (unpaired) electrons. The van der Waals surface area contributed by atoms with Gasteiger partial charge in [0.05, 0.1) is 6.61 Å². The van der Waals surface area contributed by atoms with Crippen molar-refractivity contribution in [2.45, 2.75) is 353 Å². The lowest BCUT2D eigenvalue weighted by Gasteiger charge is -2.40. The average molecular weight is 1170 g/mol. The first-order valence-electron chi connectivity index (χ1n) is 34.3. The summed E-state index contributed by atoms with van der Waals surface area (Å²) in [4.78, 5) is 51.4. The van der Waals surface area contributed by atoms with E-state index in [9.17, 15) is 34.5 Å². The number of carboxylic acid groups (broad SMARTS) is 1. The molecule has 1 aliphatic rings. The first-order valence-corrected chi connectivity index (χ1v) is 34.3. The third kappa shape index (κ3) is 48.3. The van der Waals surface area contributed by atoms with E-state index in [-0.39, 0.29) is 25.9 Å². The molecule has 1 heterocycles. The molecule has 0 saturated carbocycles. The van der Waals surface area contributed by atoms with Crippen LogP contribution >= 0.6 is 0 Å². The Labute approximate surface area is 506 Å². The Hall–Kier alpha value is -3.58. The Kier molecular flexibility index (Phi) is 54.8. The molecule has 1 fully saturated rings. The Morgan fingerprint density at radius 3 is 1.12 bits per heavy atom. The molecular weight excluding hydrogens is 1040 g/mol. The largest absolute Gasteiger partial charge is 0.479 e. The highest BCUT2D eigenvalue weighted by molar-refractivity contribution is 5.74. The number of aliphatic carboxylic acids is 1. The van der Waals surface area contributed by atoms with Crippen molar-refractivity contribution in [1.29, 1.82) is 0 Å².